The first-order valence-corrected chi connectivity index (χ1v) is 1.68. The van der Waals surface area contributed by atoms with E-state index in [0.29, 0.717) is 0 Å². The lowest BCUT2D eigenvalue weighted by Crippen LogP contribution is -0.875. The smallest absolute Gasteiger partial charge is 0.0293 e. The minimum absolute atomic E-state index is 0. The highest BCUT2D eigenvalue weighted by Crippen LogP contribution is 1.65. The van der Waals surface area contributed by atoms with Crippen molar-refractivity contribution in [1.29, 1.82) is 0 Å². The van der Waals surface area contributed by atoms with Gasteiger partial charge in [-0.1, -0.05) is 56.0 Å². The number of hydrogen-bond acceptors (Lipinski definition) is 2. The van der Waals surface area contributed by atoms with Crippen molar-refractivity contribution in [3.8, 4) is 0 Å². The molecule has 0 saturated carbocycles. The summed E-state index contributed by atoms with van der Waals surface area (Å²) >= 11 is 0. The topological polar surface area (TPSA) is 24.7 Å². The van der Waals surface area contributed by atoms with Gasteiger partial charge in [0.2, 0.25) is 0 Å². The molecule has 0 aliphatic rings. The summed E-state index contributed by atoms with van der Waals surface area (Å²) < 4.78 is 19.7. The van der Waals surface area contributed by atoms with Crippen molar-refractivity contribution in [3.63, 3.8) is 0 Å². The van der Waals surface area contributed by atoms with Crippen LogP contribution in [-0.4, -0.2) is 0 Å². The summed E-state index contributed by atoms with van der Waals surface area (Å²) in [7, 11) is 4.28. The van der Waals surface area contributed by atoms with Crippen LogP contribution in [0.3, 0.4) is 0 Å². The summed E-state index contributed by atoms with van der Waals surface area (Å²) in [6, 6.07) is 0. The van der Waals surface area contributed by atoms with Crippen molar-refractivity contribution >= 4 is 18.1 Å². The molecule has 0 radical (unpaired) electrons. The minimum Gasteiger partial charge on any atom is -0.269 e. The highest BCUT2D eigenvalue weighted by molar-refractivity contribution is 7.03. The highest BCUT2D eigenvalue weighted by Gasteiger charge is 1.17. The molecule has 0 spiro atoms. The first-order chi connectivity index (χ1) is 2.83. The van der Waals surface area contributed by atoms with Gasteiger partial charge in [0.25, 0.3) is 0 Å². The van der Waals surface area contributed by atoms with E-state index < -0.39 is 0 Å². The molecule has 0 aromatic carbocycles. The van der Waals surface area contributed by atoms with E-state index in [1.807, 2.05) is 0 Å². The van der Waals surface area contributed by atoms with Gasteiger partial charge in [0, 0.05) is 18.1 Å². The van der Waals surface area contributed by atoms with Gasteiger partial charge in [-0.15, -0.1) is 0 Å². The summed E-state index contributed by atoms with van der Waals surface area (Å²) in [6.07, 6.45) is 0. The van der Waals surface area contributed by atoms with E-state index in [2.05, 4.69) is 18.1 Å². The van der Waals surface area contributed by atoms with Crippen LogP contribution in [0.5, 0.6) is 0 Å². The molecule has 0 aromatic rings. The Bertz CT molecular complexity index is 43.7. The van der Waals surface area contributed by atoms with Crippen molar-refractivity contribution in [2.75, 3.05) is 0 Å². The summed E-state index contributed by atoms with van der Waals surface area (Å²) in [5.74, 6) is 0. The van der Waals surface area contributed by atoms with Crippen molar-refractivity contribution in [3.05, 3.63) is 0 Å². The zero-order valence-electron chi connectivity index (χ0n) is 3.06. The molecular formula is C5H23F3N2P2. The maximum Gasteiger partial charge on any atom is 0.0293 e. The fraction of sp³-hybridized carbons (Fsp3) is 1.00. The fourth-order valence-corrected chi connectivity index (χ4v) is 0. The molecule has 0 bridgehead atoms. The molecule has 0 N–H and O–H groups in total. The third-order valence-corrected chi connectivity index (χ3v) is 0. The molecule has 0 aliphatic carbocycles. The second kappa shape index (κ2) is 277. The Morgan fingerprint density at radius 2 is 0.667 bits per heavy atom. The van der Waals surface area contributed by atoms with E-state index in [9.17, 15) is 8.96 Å². The quantitative estimate of drug-likeness (QED) is 0.475. The van der Waals surface area contributed by atoms with Gasteiger partial charge < -0.3 is 0 Å². The standard InChI is InChI=1S/5CH4.2FHNP.FH/c;;;;;2*1-2-3;/h5*1H4;2*3H;1H. The van der Waals surface area contributed by atoms with Gasteiger partial charge in [0.05, 0.1) is 0 Å². The molecule has 7 heteroatoms. The molecule has 0 aromatic heterocycles. The van der Waals surface area contributed by atoms with Gasteiger partial charge in [-0.3, -0.25) is 4.70 Å². The Morgan fingerprint density at radius 3 is 0.667 bits per heavy atom. The van der Waals surface area contributed by atoms with Gasteiger partial charge in [-0.2, -0.15) is 0 Å². The second-order valence-electron chi connectivity index (χ2n) is 0.169. The molecule has 0 unspecified atom stereocenters. The number of rotatable bonds is 0. The molecule has 0 fully saturated rings. The van der Waals surface area contributed by atoms with Crippen LogP contribution in [0, 0.1) is 0 Å². The third-order valence-electron chi connectivity index (χ3n) is 0. The molecule has 0 amide bonds. The largest absolute Gasteiger partial charge is 0.269 e. The maximum atomic E-state index is 9.83. The molecule has 84 valence electrons. The Balaban J connectivity index is -0.00000000296. The average Bonchev–Trinajstić information content (AvgIpc) is 1.39. The molecule has 0 heterocycles. The Morgan fingerprint density at radius 1 is 0.667 bits per heavy atom. The zero-order valence-corrected chi connectivity index (χ0v) is 5.06. The molecule has 12 heavy (non-hydrogen) atoms. The SMILES string of the molecule is C.C.C.C.C.F.FN=P.FN=P. The van der Waals surface area contributed by atoms with Crippen LogP contribution in [0.25, 0.3) is 0 Å². The van der Waals surface area contributed by atoms with Crippen LogP contribution in [0.4, 0.5) is 13.7 Å². The van der Waals surface area contributed by atoms with Crippen molar-refractivity contribution in [1.82, 2.24) is 0 Å². The molecule has 0 rings (SSSR count). The lowest BCUT2D eigenvalue weighted by atomic mass is 12.0. The lowest BCUT2D eigenvalue weighted by Gasteiger charge is -1.28. The second-order valence-corrected chi connectivity index (χ2v) is 0.507. The Hall–Kier alpha value is -0.0100. The molecule has 0 saturated heterocycles. The predicted octanol–water partition coefficient (Wildman–Crippen LogP) is 5.73. The van der Waals surface area contributed by atoms with Crippen molar-refractivity contribution in [2.45, 2.75) is 37.1 Å². The fourth-order valence-electron chi connectivity index (χ4n) is 0. The van der Waals surface area contributed by atoms with E-state index >= 15 is 0 Å². The van der Waals surface area contributed by atoms with Gasteiger partial charge in [-0.05, 0) is 0 Å². The molecular weight excluding hydrogens is 207 g/mol. The maximum absolute atomic E-state index is 9.83. The molecule has 0 aliphatic heterocycles. The monoisotopic (exact) mass is 230 g/mol. The summed E-state index contributed by atoms with van der Waals surface area (Å²) in [5.41, 5.74) is 0. The average molecular weight is 230 g/mol. The van der Waals surface area contributed by atoms with E-state index in [0.717, 1.165) is 0 Å². The van der Waals surface area contributed by atoms with Crippen molar-refractivity contribution in [2.24, 2.45) is 9.93 Å². The minimum atomic E-state index is 0. The molecule has 0 atom stereocenters. The summed E-state index contributed by atoms with van der Waals surface area (Å²) in [6.45, 7) is 0. The van der Waals surface area contributed by atoms with Gasteiger partial charge in [0.1, 0.15) is 0 Å². The molecule has 2 nitrogen and oxygen atoms in total. The normalized spacial score (nSPS) is 2.17. The van der Waals surface area contributed by atoms with Crippen LogP contribution in [0.15, 0.2) is 9.93 Å². The number of halogens is 3. The van der Waals surface area contributed by atoms with Gasteiger partial charge >= 0.3 is 0 Å². The first kappa shape index (κ1) is 91.0. The van der Waals surface area contributed by atoms with E-state index in [4.69, 9.17) is 0 Å². The predicted molar refractivity (Wildman–Crippen MR) is 59.9 cm³/mol. The Kier molecular flexibility index (Phi) is 2100. The van der Waals surface area contributed by atoms with Crippen LogP contribution < -0.4 is 0 Å². The first-order valence-electron chi connectivity index (χ1n) is 0.785. The van der Waals surface area contributed by atoms with E-state index in [1.165, 1.54) is 0 Å². The van der Waals surface area contributed by atoms with Crippen LogP contribution in [0.1, 0.15) is 37.1 Å². The van der Waals surface area contributed by atoms with Gasteiger partial charge in [-0.25, -0.2) is 0 Å². The number of hydrogen-bond donors (Lipinski definition) is 0. The van der Waals surface area contributed by atoms with E-state index in [1.54, 1.807) is 9.93 Å². The lowest BCUT2D eigenvalue weighted by molar-refractivity contribution is 0.552. The number of nitrogens with zero attached hydrogens (tertiary/aromatic N) is 2. The van der Waals surface area contributed by atoms with Crippen LogP contribution in [-0.2, 0) is 0 Å². The highest BCUT2D eigenvalue weighted by atomic mass is 31.0. The van der Waals surface area contributed by atoms with Crippen molar-refractivity contribution < 1.29 is 13.7 Å². The van der Waals surface area contributed by atoms with Crippen LogP contribution >= 0.6 is 18.1 Å². The summed E-state index contributed by atoms with van der Waals surface area (Å²) in [5, 5.41) is 0. The summed E-state index contributed by atoms with van der Waals surface area (Å²) in [4.78, 5) is 3.61. The van der Waals surface area contributed by atoms with Crippen LogP contribution in [0.2, 0.25) is 0 Å². The third kappa shape index (κ3) is 8070000. The van der Waals surface area contributed by atoms with E-state index in [-0.39, 0.29) is 41.8 Å². The zero-order chi connectivity index (χ0) is 5.41. The Labute approximate surface area is 79.6 Å². The van der Waals surface area contributed by atoms with Gasteiger partial charge in [0.15, 0.2) is 0 Å².